The van der Waals surface area contributed by atoms with Crippen LogP contribution in [-0.4, -0.2) is 24.7 Å². The van der Waals surface area contributed by atoms with E-state index in [-0.39, 0.29) is 17.3 Å². The van der Waals surface area contributed by atoms with Gasteiger partial charge in [0.15, 0.2) is 0 Å². The Bertz CT molecular complexity index is 677. The minimum Gasteiger partial charge on any atom is -0.397 e. The quantitative estimate of drug-likeness (QED) is 0.894. The zero-order chi connectivity index (χ0) is 14.3. The number of nitrogens with two attached hydrogens (primary N) is 1. The molecule has 0 radical (unpaired) electrons. The number of anilines is 1. The summed E-state index contributed by atoms with van der Waals surface area (Å²) in [6.45, 7) is 3.09. The first-order valence-electron chi connectivity index (χ1n) is 6.36. The normalized spacial score (nSPS) is 22.3. The Hall–Kier alpha value is -1.66. The van der Waals surface area contributed by atoms with Gasteiger partial charge in [-0.05, 0) is 31.5 Å². The van der Waals surface area contributed by atoms with Crippen LogP contribution < -0.4 is 11.1 Å². The van der Waals surface area contributed by atoms with Crippen molar-refractivity contribution in [3.05, 3.63) is 28.9 Å². The lowest BCUT2D eigenvalue weighted by atomic mass is 10.0. The number of carbonyl (C=O) groups is 1. The number of ether oxygens (including phenoxy) is 1. The summed E-state index contributed by atoms with van der Waals surface area (Å²) in [4.78, 5) is 12.8. The Morgan fingerprint density at radius 3 is 3.05 bits per heavy atom. The van der Waals surface area contributed by atoms with Crippen molar-refractivity contribution < 1.29 is 13.9 Å². The zero-order valence-electron chi connectivity index (χ0n) is 11.0. The van der Waals surface area contributed by atoms with Gasteiger partial charge in [0.05, 0.1) is 17.8 Å². The van der Waals surface area contributed by atoms with E-state index in [9.17, 15) is 9.18 Å². The van der Waals surface area contributed by atoms with Gasteiger partial charge in [0.25, 0.3) is 5.91 Å². The molecule has 1 amide bonds. The third kappa shape index (κ3) is 2.25. The monoisotopic (exact) mass is 294 g/mol. The van der Waals surface area contributed by atoms with Crippen molar-refractivity contribution in [1.29, 1.82) is 0 Å². The van der Waals surface area contributed by atoms with E-state index in [2.05, 4.69) is 5.32 Å². The number of amides is 1. The largest absolute Gasteiger partial charge is 0.397 e. The summed E-state index contributed by atoms with van der Waals surface area (Å²) in [6, 6.07) is 4.37. The lowest BCUT2D eigenvalue weighted by molar-refractivity contribution is 0.0895. The molecule has 1 saturated heterocycles. The zero-order valence-corrected chi connectivity index (χ0v) is 11.8. The molecule has 1 aromatic carbocycles. The fraction of sp³-hybridized carbons (Fsp3) is 0.357. The summed E-state index contributed by atoms with van der Waals surface area (Å²) in [5.74, 6) is -0.581. The Kier molecular flexibility index (Phi) is 3.14. The van der Waals surface area contributed by atoms with E-state index in [1.165, 1.54) is 23.5 Å². The second kappa shape index (κ2) is 4.71. The van der Waals surface area contributed by atoms with Crippen molar-refractivity contribution in [3.63, 3.8) is 0 Å². The van der Waals surface area contributed by atoms with Crippen molar-refractivity contribution in [1.82, 2.24) is 5.32 Å². The van der Waals surface area contributed by atoms with E-state index in [4.69, 9.17) is 10.5 Å². The van der Waals surface area contributed by atoms with Crippen LogP contribution in [0.2, 0.25) is 0 Å². The fourth-order valence-corrected chi connectivity index (χ4v) is 3.35. The van der Waals surface area contributed by atoms with Crippen molar-refractivity contribution in [2.75, 3.05) is 18.9 Å². The molecule has 0 spiro atoms. The van der Waals surface area contributed by atoms with Crippen molar-refractivity contribution >= 4 is 33.0 Å². The standard InChI is InChI=1S/C14H15FN2O2S/c1-14(4-5-19-7-14)17-13(18)12-11(16)9-6-8(15)2-3-10(9)20-12/h2-3,6H,4-5,7,16H2,1H3,(H,17,18). The maximum absolute atomic E-state index is 13.2. The first-order valence-corrected chi connectivity index (χ1v) is 7.18. The number of carbonyl (C=O) groups excluding carboxylic acids is 1. The molecule has 1 aliphatic heterocycles. The number of hydrogen-bond acceptors (Lipinski definition) is 4. The van der Waals surface area contributed by atoms with Gasteiger partial charge >= 0.3 is 0 Å². The van der Waals surface area contributed by atoms with Gasteiger partial charge in [-0.1, -0.05) is 0 Å². The molecule has 3 N–H and O–H groups in total. The lowest BCUT2D eigenvalue weighted by Crippen LogP contribution is -2.46. The maximum Gasteiger partial charge on any atom is 0.264 e. The highest BCUT2D eigenvalue weighted by atomic mass is 32.1. The van der Waals surface area contributed by atoms with E-state index in [1.807, 2.05) is 6.92 Å². The van der Waals surface area contributed by atoms with Crippen molar-refractivity contribution in [3.8, 4) is 0 Å². The highest BCUT2D eigenvalue weighted by molar-refractivity contribution is 7.21. The average molecular weight is 294 g/mol. The first-order chi connectivity index (χ1) is 9.48. The van der Waals surface area contributed by atoms with E-state index in [1.54, 1.807) is 6.07 Å². The number of halogens is 1. The van der Waals surface area contributed by atoms with Gasteiger partial charge in [0, 0.05) is 16.7 Å². The molecule has 6 heteroatoms. The summed E-state index contributed by atoms with van der Waals surface area (Å²) in [5, 5.41) is 3.55. The molecule has 1 atom stereocenters. The van der Waals surface area contributed by atoms with Crippen LogP contribution in [0.25, 0.3) is 10.1 Å². The molecular weight excluding hydrogens is 279 g/mol. The number of nitrogens with one attached hydrogen (secondary N) is 1. The van der Waals surface area contributed by atoms with Gasteiger partial charge in [0.1, 0.15) is 10.7 Å². The van der Waals surface area contributed by atoms with E-state index in [0.717, 1.165) is 11.1 Å². The SMILES string of the molecule is CC1(NC(=O)c2sc3ccc(F)cc3c2N)CCOC1. The fourth-order valence-electron chi connectivity index (χ4n) is 2.35. The van der Waals surface area contributed by atoms with Gasteiger partial charge in [-0.25, -0.2) is 4.39 Å². The number of benzene rings is 1. The van der Waals surface area contributed by atoms with E-state index >= 15 is 0 Å². The molecule has 0 saturated carbocycles. The Balaban J connectivity index is 1.93. The second-order valence-electron chi connectivity index (χ2n) is 5.30. The minimum atomic E-state index is -0.356. The van der Waals surface area contributed by atoms with E-state index in [0.29, 0.717) is 29.2 Å². The second-order valence-corrected chi connectivity index (χ2v) is 6.35. The summed E-state index contributed by atoms with van der Waals surface area (Å²) < 4.78 is 19.4. The van der Waals surface area contributed by atoms with Crippen LogP contribution in [0.15, 0.2) is 18.2 Å². The first kappa shape index (κ1) is 13.3. The predicted octanol–water partition coefficient (Wildman–Crippen LogP) is 2.53. The third-order valence-corrected chi connectivity index (χ3v) is 4.71. The Morgan fingerprint density at radius 2 is 2.35 bits per heavy atom. The van der Waals surface area contributed by atoms with Crippen molar-refractivity contribution in [2.24, 2.45) is 0 Å². The lowest BCUT2D eigenvalue weighted by Gasteiger charge is -2.23. The molecule has 1 aromatic heterocycles. The molecule has 1 unspecified atom stereocenters. The number of fused-ring (bicyclic) bond motifs is 1. The molecule has 106 valence electrons. The Labute approximate surface area is 119 Å². The number of thiophene rings is 1. The molecule has 2 heterocycles. The smallest absolute Gasteiger partial charge is 0.264 e. The molecule has 3 rings (SSSR count). The van der Waals surface area contributed by atoms with Gasteiger partial charge in [-0.2, -0.15) is 0 Å². The molecule has 1 fully saturated rings. The predicted molar refractivity (Wildman–Crippen MR) is 77.5 cm³/mol. The maximum atomic E-state index is 13.2. The summed E-state index contributed by atoms with van der Waals surface area (Å²) in [5.41, 5.74) is 5.96. The molecule has 1 aliphatic rings. The molecular formula is C14H15FN2O2S. The molecule has 0 aliphatic carbocycles. The molecule has 0 bridgehead atoms. The van der Waals surface area contributed by atoms with Crippen LogP contribution in [0.5, 0.6) is 0 Å². The minimum absolute atomic E-state index is 0.225. The van der Waals surface area contributed by atoms with E-state index < -0.39 is 0 Å². The number of hydrogen-bond donors (Lipinski definition) is 2. The van der Waals surface area contributed by atoms with Gasteiger partial charge in [-0.15, -0.1) is 11.3 Å². The van der Waals surface area contributed by atoms with Crippen LogP contribution in [0.3, 0.4) is 0 Å². The van der Waals surface area contributed by atoms with Gasteiger partial charge < -0.3 is 15.8 Å². The van der Waals surface area contributed by atoms with Gasteiger partial charge in [0.2, 0.25) is 0 Å². The number of nitrogen functional groups attached to an aromatic ring is 1. The van der Waals surface area contributed by atoms with Crippen LogP contribution in [0, 0.1) is 5.82 Å². The topological polar surface area (TPSA) is 64.4 Å². The van der Waals surface area contributed by atoms with Crippen molar-refractivity contribution in [2.45, 2.75) is 18.9 Å². The Morgan fingerprint density at radius 1 is 1.55 bits per heavy atom. The van der Waals surface area contributed by atoms with Crippen LogP contribution in [0.4, 0.5) is 10.1 Å². The van der Waals surface area contributed by atoms with Crippen LogP contribution in [0.1, 0.15) is 23.0 Å². The van der Waals surface area contributed by atoms with Crippen LogP contribution in [-0.2, 0) is 4.74 Å². The highest BCUT2D eigenvalue weighted by Crippen LogP contribution is 2.34. The summed E-state index contributed by atoms with van der Waals surface area (Å²) >= 11 is 1.28. The molecule has 2 aromatic rings. The number of rotatable bonds is 2. The molecule has 20 heavy (non-hydrogen) atoms. The highest BCUT2D eigenvalue weighted by Gasteiger charge is 2.32. The third-order valence-electron chi connectivity index (χ3n) is 3.53. The van der Waals surface area contributed by atoms with Crippen LogP contribution >= 0.6 is 11.3 Å². The summed E-state index contributed by atoms with van der Waals surface area (Å²) in [6.07, 6.45) is 0.776. The average Bonchev–Trinajstić information content (AvgIpc) is 2.95. The molecule has 4 nitrogen and oxygen atoms in total. The summed E-state index contributed by atoms with van der Waals surface area (Å²) in [7, 11) is 0. The van der Waals surface area contributed by atoms with Gasteiger partial charge in [-0.3, -0.25) is 4.79 Å².